The minimum Gasteiger partial charge on any atom is -0.329 e. The average molecular weight is 941 g/mol. The molecule has 6 amide bonds. The van der Waals surface area contributed by atoms with Gasteiger partial charge in [-0.1, -0.05) is 133 Å². The summed E-state index contributed by atoms with van der Waals surface area (Å²) in [5.41, 5.74) is 22.6. The maximum absolute atomic E-state index is 12.8. The molecule has 0 bridgehead atoms. The largest absolute Gasteiger partial charge is 0.329 e. The predicted molar refractivity (Wildman–Crippen MR) is 279 cm³/mol. The molecule has 0 aromatic carbocycles. The van der Waals surface area contributed by atoms with Crippen LogP contribution in [0.25, 0.3) is 0 Å². The van der Waals surface area contributed by atoms with Crippen molar-refractivity contribution in [3.05, 3.63) is 110 Å². The number of carbonyl (C=O) groups excluding carboxylic acids is 6. The molecule has 6 fully saturated rings. The van der Waals surface area contributed by atoms with Crippen LogP contribution >= 0.6 is 0 Å². The van der Waals surface area contributed by atoms with Crippen LogP contribution in [0.2, 0.25) is 0 Å². The van der Waals surface area contributed by atoms with E-state index in [1.54, 1.807) is 24.3 Å². The average Bonchev–Trinajstić information content (AvgIpc) is 4.06. The molecule has 6 N–H and O–H groups in total. The summed E-state index contributed by atoms with van der Waals surface area (Å²) < 4.78 is 0. The molecular weight excluding hydrogens is 853 g/mol. The summed E-state index contributed by atoms with van der Waals surface area (Å²) in [5, 5.41) is 0. The maximum atomic E-state index is 12.8. The fourth-order valence-electron chi connectivity index (χ4n) is 11.9. The van der Waals surface area contributed by atoms with Gasteiger partial charge >= 0.3 is 0 Å². The first-order valence-corrected chi connectivity index (χ1v) is 23.6. The number of amides is 6. The van der Waals surface area contributed by atoms with E-state index in [4.69, 9.17) is 17.2 Å². The van der Waals surface area contributed by atoms with E-state index in [9.17, 15) is 28.8 Å². The van der Waals surface area contributed by atoms with Crippen molar-refractivity contribution in [1.29, 1.82) is 0 Å². The van der Waals surface area contributed by atoms with Crippen LogP contribution in [0.3, 0.4) is 0 Å². The quantitative estimate of drug-likeness (QED) is 0.0953. The molecule has 6 rings (SSSR count). The van der Waals surface area contributed by atoms with Crippen LogP contribution in [-0.2, 0) is 28.8 Å². The molecule has 3 saturated carbocycles. The summed E-state index contributed by atoms with van der Waals surface area (Å²) in [6.07, 6.45) is 17.2. The lowest BCUT2D eigenvalue weighted by atomic mass is 9.85. The van der Waals surface area contributed by atoms with Crippen molar-refractivity contribution in [1.82, 2.24) is 14.7 Å². The van der Waals surface area contributed by atoms with E-state index in [1.165, 1.54) is 25.8 Å². The molecule has 12 heteroatoms. The number of imide groups is 3. The summed E-state index contributed by atoms with van der Waals surface area (Å²) in [6.45, 7) is 37.7. The summed E-state index contributed by atoms with van der Waals surface area (Å²) in [4.78, 5) is 79.9. The third kappa shape index (κ3) is 10.9. The molecule has 3 heterocycles. The number of likely N-dealkylation sites (tertiary alicyclic amines) is 3. The van der Waals surface area contributed by atoms with E-state index in [0.717, 1.165) is 42.4 Å². The number of allylic oxidation sites excluding steroid dienone is 12. The van der Waals surface area contributed by atoms with Gasteiger partial charge in [0.25, 0.3) is 0 Å². The normalized spacial score (nSPS) is 29.7. The molecule has 12 unspecified atom stereocenters. The smallest absolute Gasteiger partial charge is 0.234 e. The Morgan fingerprint density at radius 1 is 0.485 bits per heavy atom. The SMILES string of the molecule is C.C.C.C=CC1C(=C(C)C)C(C=C)C2C(=O)N(CCN)C(=O)C12.C=CC1C(=C(CCC)CCC)C(C=C)C2C(=O)N(CCN)C(=O)C12.C=CC1C(=CC(C)C)C(C=C)C2C(=O)N(CCN)C(=O)C12. The summed E-state index contributed by atoms with van der Waals surface area (Å²) in [7, 11) is 0. The predicted octanol–water partition coefficient (Wildman–Crippen LogP) is 8.22. The van der Waals surface area contributed by atoms with Gasteiger partial charge in [-0.15, -0.1) is 39.5 Å². The molecule has 0 aromatic rings. The minimum absolute atomic E-state index is 0. The van der Waals surface area contributed by atoms with Gasteiger partial charge in [0, 0.05) is 74.8 Å². The number of hydrogen-bond donors (Lipinski definition) is 3. The van der Waals surface area contributed by atoms with E-state index in [1.807, 2.05) is 26.0 Å². The number of fused-ring (bicyclic) bond motifs is 3. The molecule has 0 spiro atoms. The van der Waals surface area contributed by atoms with Gasteiger partial charge in [0.1, 0.15) is 0 Å². The summed E-state index contributed by atoms with van der Waals surface area (Å²) in [6, 6.07) is 0. The molecule has 12 atom stereocenters. The van der Waals surface area contributed by atoms with Crippen LogP contribution in [0, 0.1) is 76.9 Å². The lowest BCUT2D eigenvalue weighted by Gasteiger charge is -2.23. The van der Waals surface area contributed by atoms with Gasteiger partial charge < -0.3 is 17.2 Å². The molecule has 3 saturated heterocycles. The zero-order valence-electron chi connectivity index (χ0n) is 39.9. The molecule has 3 aliphatic heterocycles. The van der Waals surface area contributed by atoms with E-state index in [0.29, 0.717) is 45.2 Å². The van der Waals surface area contributed by atoms with Gasteiger partial charge in [0.2, 0.25) is 35.4 Å². The monoisotopic (exact) mass is 941 g/mol. The Balaban J connectivity index is 0.000000501. The summed E-state index contributed by atoms with van der Waals surface area (Å²) >= 11 is 0. The highest BCUT2D eigenvalue weighted by Crippen LogP contribution is 2.55. The Hall–Kier alpha value is -5.04. The van der Waals surface area contributed by atoms with Crippen molar-refractivity contribution >= 4 is 35.4 Å². The molecular formula is C56H88N6O6. The highest BCUT2D eigenvalue weighted by molar-refractivity contribution is 6.08. The number of nitrogens with zero attached hydrogens (tertiary/aromatic N) is 3. The lowest BCUT2D eigenvalue weighted by molar-refractivity contribution is -0.141. The van der Waals surface area contributed by atoms with Crippen LogP contribution in [0.5, 0.6) is 0 Å². The molecule has 378 valence electrons. The molecule has 0 aromatic heterocycles. The van der Waals surface area contributed by atoms with Crippen LogP contribution < -0.4 is 17.2 Å². The highest BCUT2D eigenvalue weighted by atomic mass is 16.2. The third-order valence-corrected chi connectivity index (χ3v) is 14.2. The Bertz CT molecular complexity index is 1910. The van der Waals surface area contributed by atoms with Crippen molar-refractivity contribution in [2.75, 3.05) is 39.3 Å². The first kappa shape index (κ1) is 61.0. The Morgan fingerprint density at radius 3 is 0.941 bits per heavy atom. The van der Waals surface area contributed by atoms with Crippen LogP contribution in [0.1, 0.15) is 89.5 Å². The van der Waals surface area contributed by atoms with Crippen molar-refractivity contribution in [3.63, 3.8) is 0 Å². The van der Waals surface area contributed by atoms with Gasteiger partial charge in [-0.05, 0) is 32.6 Å². The number of hydrogen-bond acceptors (Lipinski definition) is 9. The van der Waals surface area contributed by atoms with Crippen molar-refractivity contribution in [2.45, 2.75) is 89.5 Å². The number of nitrogens with two attached hydrogens (primary N) is 3. The highest BCUT2D eigenvalue weighted by Gasteiger charge is 2.61. The maximum Gasteiger partial charge on any atom is 0.234 e. The fourth-order valence-corrected chi connectivity index (χ4v) is 11.9. The second kappa shape index (κ2) is 26.6. The van der Waals surface area contributed by atoms with Gasteiger partial charge in [-0.25, -0.2) is 0 Å². The lowest BCUT2D eigenvalue weighted by Crippen LogP contribution is -2.37. The zero-order chi connectivity index (χ0) is 48.6. The van der Waals surface area contributed by atoms with E-state index < -0.39 is 0 Å². The van der Waals surface area contributed by atoms with Gasteiger partial charge in [0.05, 0.1) is 35.5 Å². The van der Waals surface area contributed by atoms with E-state index >= 15 is 0 Å². The van der Waals surface area contributed by atoms with Gasteiger partial charge in [0.15, 0.2) is 0 Å². The van der Waals surface area contributed by atoms with Crippen molar-refractivity contribution < 1.29 is 28.8 Å². The van der Waals surface area contributed by atoms with E-state index in [2.05, 4.69) is 73.2 Å². The molecule has 0 radical (unpaired) electrons. The third-order valence-electron chi connectivity index (χ3n) is 14.2. The standard InChI is InChI=1S/C20H30N2O2.C17H24N2O2.C16H22N2O2.3CH4/c1-5-9-13(10-6-2)16-14(7-3)17-18(15(16)8-4)20(24)22(12-11-21)19(17)23;1-5-11-13(9-10(3)4)12(6-2)15-14(11)16(20)19(8-7-18)17(15)21;1-5-10-12(9(3)4)11(6-2)14-13(10)15(19)18(8-7-17)16(14)20;;;/h7-8,14-15,17-18H,3-6,9-12,21H2,1-2H3;5-6,9-12,14-15H,1-2,7-8,18H2,3-4H3;5-6,10-11,13-14H,1-2,7-8,17H2,3-4H3;3*1H4. The summed E-state index contributed by atoms with van der Waals surface area (Å²) in [5.74, 6) is -2.72. The van der Waals surface area contributed by atoms with Crippen molar-refractivity contribution in [2.24, 2.45) is 94.1 Å². The molecule has 3 aliphatic carbocycles. The molecule has 68 heavy (non-hydrogen) atoms. The first-order chi connectivity index (χ1) is 31.0. The second-order valence-corrected chi connectivity index (χ2v) is 18.5. The van der Waals surface area contributed by atoms with E-state index in [-0.39, 0.29) is 129 Å². The Morgan fingerprint density at radius 2 is 0.735 bits per heavy atom. The Labute approximate surface area is 410 Å². The first-order valence-electron chi connectivity index (χ1n) is 23.6. The number of rotatable bonds is 17. The van der Waals surface area contributed by atoms with Crippen LogP contribution in [0.15, 0.2) is 110 Å². The zero-order valence-corrected chi connectivity index (χ0v) is 39.9. The number of carbonyl (C=O) groups is 6. The fraction of sp³-hybridized carbons (Fsp3) is 0.571. The molecule has 6 aliphatic rings. The van der Waals surface area contributed by atoms with Crippen LogP contribution in [-0.4, -0.2) is 89.4 Å². The second-order valence-electron chi connectivity index (χ2n) is 18.5. The van der Waals surface area contributed by atoms with Gasteiger partial charge in [-0.2, -0.15) is 0 Å². The van der Waals surface area contributed by atoms with Gasteiger partial charge in [-0.3, -0.25) is 43.5 Å². The molecule has 12 nitrogen and oxygen atoms in total. The Kier molecular flexibility index (Phi) is 23.9. The minimum atomic E-state index is -0.338. The van der Waals surface area contributed by atoms with Crippen molar-refractivity contribution in [3.8, 4) is 0 Å². The van der Waals surface area contributed by atoms with Crippen LogP contribution in [0.4, 0.5) is 0 Å². The topological polar surface area (TPSA) is 190 Å².